The Morgan fingerprint density at radius 1 is 1.50 bits per heavy atom. The molecule has 86 valence electrons. The molecule has 0 atom stereocenters. The fourth-order valence-electron chi connectivity index (χ4n) is 0.935. The van der Waals surface area contributed by atoms with Gasteiger partial charge in [0.15, 0.2) is 5.75 Å². The summed E-state index contributed by atoms with van der Waals surface area (Å²) >= 11 is 0. The topological polar surface area (TPSA) is 77.5 Å². The monoisotopic (exact) mass is 224 g/mol. The molecular weight excluding hydrogens is 212 g/mol. The Kier molecular flexibility index (Phi) is 4.26. The van der Waals surface area contributed by atoms with Gasteiger partial charge in [0.25, 0.3) is 0 Å². The number of ether oxygens (including phenoxy) is 2. The van der Waals surface area contributed by atoms with Gasteiger partial charge in [-0.1, -0.05) is 6.92 Å². The van der Waals surface area contributed by atoms with Gasteiger partial charge in [-0.2, -0.15) is 0 Å². The van der Waals surface area contributed by atoms with Crippen molar-refractivity contribution >= 4 is 17.7 Å². The Morgan fingerprint density at radius 2 is 2.25 bits per heavy atom. The van der Waals surface area contributed by atoms with Crippen molar-refractivity contribution in [2.45, 2.75) is 13.3 Å². The van der Waals surface area contributed by atoms with E-state index in [1.54, 1.807) is 6.92 Å². The summed E-state index contributed by atoms with van der Waals surface area (Å²) in [6.07, 6.45) is 2.32. The third-order valence-corrected chi connectivity index (χ3v) is 1.74. The summed E-state index contributed by atoms with van der Waals surface area (Å²) in [4.78, 5) is 25.9. The van der Waals surface area contributed by atoms with Crippen LogP contribution in [-0.4, -0.2) is 24.2 Å². The van der Waals surface area contributed by atoms with E-state index < -0.39 is 6.16 Å². The van der Waals surface area contributed by atoms with Crippen molar-refractivity contribution in [3.63, 3.8) is 0 Å². The molecule has 0 aliphatic heterocycles. The van der Waals surface area contributed by atoms with E-state index in [0.717, 1.165) is 0 Å². The predicted octanol–water partition coefficient (Wildman–Crippen LogP) is 1.58. The van der Waals surface area contributed by atoms with Gasteiger partial charge in [-0.25, -0.2) is 4.79 Å². The molecule has 16 heavy (non-hydrogen) atoms. The minimum absolute atomic E-state index is 0.192. The first-order valence-electron chi connectivity index (χ1n) is 4.67. The summed E-state index contributed by atoms with van der Waals surface area (Å²) in [5.74, 6) is 0.00589. The molecule has 1 N–H and O–H groups in total. The molecule has 0 aliphatic carbocycles. The van der Waals surface area contributed by atoms with Gasteiger partial charge in [0.05, 0.1) is 13.3 Å². The lowest BCUT2D eigenvalue weighted by atomic mass is 10.3. The fraction of sp³-hybridized carbons (Fsp3) is 0.300. The Morgan fingerprint density at radius 3 is 2.88 bits per heavy atom. The lowest BCUT2D eigenvalue weighted by Gasteiger charge is -2.08. The first kappa shape index (κ1) is 12.0. The number of amides is 1. The number of nitrogens with one attached hydrogen (secondary N) is 1. The first-order valence-corrected chi connectivity index (χ1v) is 4.67. The molecule has 0 unspecified atom stereocenters. The number of carbonyl (C=O) groups is 2. The van der Waals surface area contributed by atoms with Gasteiger partial charge in [-0.3, -0.25) is 9.78 Å². The molecule has 1 aromatic rings. The van der Waals surface area contributed by atoms with Crippen LogP contribution in [0, 0.1) is 0 Å². The van der Waals surface area contributed by atoms with Crippen LogP contribution < -0.4 is 10.1 Å². The van der Waals surface area contributed by atoms with Gasteiger partial charge in [-0.05, 0) is 0 Å². The van der Waals surface area contributed by atoms with Crippen LogP contribution in [0.2, 0.25) is 0 Å². The van der Waals surface area contributed by atoms with Crippen LogP contribution in [0.5, 0.6) is 5.75 Å². The molecule has 0 bridgehead atoms. The number of methoxy groups -OCH3 is 1. The molecule has 0 radical (unpaired) electrons. The summed E-state index contributed by atoms with van der Waals surface area (Å²) in [5.41, 5.74) is 0.333. The molecule has 0 saturated heterocycles. The molecule has 6 heteroatoms. The van der Waals surface area contributed by atoms with Crippen LogP contribution in [0.1, 0.15) is 13.3 Å². The molecule has 1 aromatic heterocycles. The zero-order valence-electron chi connectivity index (χ0n) is 9.02. The van der Waals surface area contributed by atoms with Crippen molar-refractivity contribution in [3.05, 3.63) is 18.5 Å². The maximum Gasteiger partial charge on any atom is 0.513 e. The lowest BCUT2D eigenvalue weighted by molar-refractivity contribution is -0.115. The Labute approximate surface area is 92.6 Å². The van der Waals surface area contributed by atoms with Crippen molar-refractivity contribution in [1.82, 2.24) is 4.98 Å². The smallest absolute Gasteiger partial charge is 0.437 e. The van der Waals surface area contributed by atoms with Crippen LogP contribution in [0.4, 0.5) is 10.5 Å². The molecule has 0 aromatic carbocycles. The molecule has 1 amide bonds. The van der Waals surface area contributed by atoms with Gasteiger partial charge in [-0.15, -0.1) is 0 Å². The van der Waals surface area contributed by atoms with Crippen molar-refractivity contribution in [2.24, 2.45) is 0 Å². The Balaban J connectivity index is 2.83. The Hall–Kier alpha value is -2.11. The number of anilines is 1. The number of hydrogen-bond acceptors (Lipinski definition) is 5. The molecule has 0 fully saturated rings. The second-order valence-electron chi connectivity index (χ2n) is 2.83. The highest BCUT2D eigenvalue weighted by atomic mass is 16.7. The van der Waals surface area contributed by atoms with Crippen molar-refractivity contribution in [3.8, 4) is 5.75 Å². The number of rotatable bonds is 3. The lowest BCUT2D eigenvalue weighted by Crippen LogP contribution is -2.13. The van der Waals surface area contributed by atoms with Crippen LogP contribution >= 0.6 is 0 Å². The zero-order valence-corrected chi connectivity index (χ0v) is 9.02. The molecule has 0 spiro atoms. The average Bonchev–Trinajstić information content (AvgIpc) is 2.31. The summed E-state index contributed by atoms with van der Waals surface area (Å²) in [7, 11) is 1.20. The summed E-state index contributed by atoms with van der Waals surface area (Å²) in [6.45, 7) is 1.71. The maximum absolute atomic E-state index is 11.2. The highest BCUT2D eigenvalue weighted by Crippen LogP contribution is 2.22. The number of aromatic nitrogens is 1. The SMILES string of the molecule is CCC(=O)Nc1cnccc1OC(=O)OC. The number of hydrogen-bond donors (Lipinski definition) is 1. The van der Waals surface area contributed by atoms with Gasteiger partial charge in [0.2, 0.25) is 5.91 Å². The van der Waals surface area contributed by atoms with E-state index in [4.69, 9.17) is 4.74 Å². The highest BCUT2D eigenvalue weighted by molar-refractivity contribution is 5.92. The fourth-order valence-corrected chi connectivity index (χ4v) is 0.935. The number of nitrogens with zero attached hydrogens (tertiary/aromatic N) is 1. The Bertz CT molecular complexity index is 355. The van der Waals surface area contributed by atoms with Gasteiger partial charge in [0.1, 0.15) is 5.69 Å². The molecule has 1 rings (SSSR count). The number of carbonyl (C=O) groups excluding carboxylic acids is 2. The number of pyridine rings is 1. The third-order valence-electron chi connectivity index (χ3n) is 1.74. The maximum atomic E-state index is 11.2. The summed E-state index contributed by atoms with van der Waals surface area (Å²) in [5, 5.41) is 2.56. The quantitative estimate of drug-likeness (QED) is 0.788. The van der Waals surface area contributed by atoms with Crippen LogP contribution in [0.15, 0.2) is 18.5 Å². The van der Waals surface area contributed by atoms with Gasteiger partial charge < -0.3 is 14.8 Å². The van der Waals surface area contributed by atoms with Crippen LogP contribution in [0.25, 0.3) is 0 Å². The van der Waals surface area contributed by atoms with E-state index in [9.17, 15) is 9.59 Å². The predicted molar refractivity (Wildman–Crippen MR) is 56.2 cm³/mol. The standard InChI is InChI=1S/C10H12N2O4/c1-3-9(13)12-7-6-11-5-4-8(7)16-10(14)15-2/h4-6H,3H2,1-2H3,(H,12,13). The van der Waals surface area contributed by atoms with E-state index in [2.05, 4.69) is 15.0 Å². The minimum atomic E-state index is -0.849. The van der Waals surface area contributed by atoms with Crippen molar-refractivity contribution < 1.29 is 19.1 Å². The molecular formula is C10H12N2O4. The van der Waals surface area contributed by atoms with Crippen molar-refractivity contribution in [1.29, 1.82) is 0 Å². The van der Waals surface area contributed by atoms with E-state index in [1.165, 1.54) is 25.6 Å². The second-order valence-corrected chi connectivity index (χ2v) is 2.83. The average molecular weight is 224 g/mol. The first-order chi connectivity index (χ1) is 7.67. The normalized spacial score (nSPS) is 9.38. The molecule has 0 saturated carbocycles. The van der Waals surface area contributed by atoms with E-state index in [0.29, 0.717) is 12.1 Å². The zero-order chi connectivity index (χ0) is 12.0. The highest BCUT2D eigenvalue weighted by Gasteiger charge is 2.10. The molecule has 1 heterocycles. The van der Waals surface area contributed by atoms with E-state index >= 15 is 0 Å². The molecule has 6 nitrogen and oxygen atoms in total. The van der Waals surface area contributed by atoms with Crippen LogP contribution in [-0.2, 0) is 9.53 Å². The largest absolute Gasteiger partial charge is 0.513 e. The molecule has 0 aliphatic rings. The summed E-state index contributed by atoms with van der Waals surface area (Å²) < 4.78 is 9.17. The third kappa shape index (κ3) is 3.23. The van der Waals surface area contributed by atoms with E-state index in [1.807, 2.05) is 0 Å². The minimum Gasteiger partial charge on any atom is -0.437 e. The summed E-state index contributed by atoms with van der Waals surface area (Å²) in [6, 6.07) is 1.46. The second kappa shape index (κ2) is 5.69. The van der Waals surface area contributed by atoms with Gasteiger partial charge in [0, 0.05) is 18.7 Å². The van der Waals surface area contributed by atoms with Crippen LogP contribution in [0.3, 0.4) is 0 Å². The van der Waals surface area contributed by atoms with Crippen molar-refractivity contribution in [2.75, 3.05) is 12.4 Å². The van der Waals surface area contributed by atoms with Gasteiger partial charge >= 0.3 is 6.16 Å². The van der Waals surface area contributed by atoms with E-state index in [-0.39, 0.29) is 11.7 Å².